The van der Waals surface area contributed by atoms with Crippen LogP contribution in [0, 0.1) is 12.7 Å². The molecule has 0 amide bonds. The van der Waals surface area contributed by atoms with Crippen LogP contribution < -0.4 is 10.5 Å². The summed E-state index contributed by atoms with van der Waals surface area (Å²) in [6.45, 7) is 2.30. The first-order chi connectivity index (χ1) is 11.1. The maximum Gasteiger partial charge on any atom is 0.126 e. The smallest absolute Gasteiger partial charge is 0.126 e. The molecular formula is C18H17FN2OS. The lowest BCUT2D eigenvalue weighted by molar-refractivity contribution is 0.322. The number of aromatic nitrogens is 1. The standard InChI is InChI=1S/C18H17FN2OS/c1-12-9-13(5-6-16(12)19)17-11-23-18(21-17)7-8-22-15-4-2-3-14(20)10-15/h2-6,9-11H,7-8,20H2,1H3. The molecule has 2 aromatic carbocycles. The molecule has 0 atom stereocenters. The lowest BCUT2D eigenvalue weighted by atomic mass is 10.1. The predicted molar refractivity (Wildman–Crippen MR) is 92.3 cm³/mol. The third kappa shape index (κ3) is 3.87. The highest BCUT2D eigenvalue weighted by atomic mass is 32.1. The van der Waals surface area contributed by atoms with E-state index >= 15 is 0 Å². The second-order valence-corrected chi connectivity index (χ2v) is 6.20. The van der Waals surface area contributed by atoms with Gasteiger partial charge in [0.05, 0.1) is 17.3 Å². The van der Waals surface area contributed by atoms with Crippen LogP contribution in [0.25, 0.3) is 11.3 Å². The first kappa shape index (κ1) is 15.5. The van der Waals surface area contributed by atoms with Crippen LogP contribution in [-0.4, -0.2) is 11.6 Å². The van der Waals surface area contributed by atoms with Gasteiger partial charge in [-0.25, -0.2) is 9.37 Å². The number of ether oxygens (including phenoxy) is 1. The number of nitrogens with zero attached hydrogens (tertiary/aromatic N) is 1. The van der Waals surface area contributed by atoms with Crippen molar-refractivity contribution in [2.24, 2.45) is 0 Å². The van der Waals surface area contributed by atoms with Gasteiger partial charge in [0, 0.05) is 29.1 Å². The van der Waals surface area contributed by atoms with E-state index in [4.69, 9.17) is 10.5 Å². The number of aryl methyl sites for hydroxylation is 1. The Bertz CT molecular complexity index is 816. The van der Waals surface area contributed by atoms with Crippen molar-refractivity contribution in [1.29, 1.82) is 0 Å². The number of nitrogens with two attached hydrogens (primary N) is 1. The molecule has 3 rings (SSSR count). The number of halogens is 1. The Kier molecular flexibility index (Phi) is 4.57. The van der Waals surface area contributed by atoms with Crippen molar-refractivity contribution < 1.29 is 9.13 Å². The summed E-state index contributed by atoms with van der Waals surface area (Å²) in [5.41, 5.74) is 8.83. The van der Waals surface area contributed by atoms with E-state index in [1.165, 1.54) is 6.07 Å². The number of hydrogen-bond acceptors (Lipinski definition) is 4. The molecule has 0 aliphatic rings. The third-order valence-electron chi connectivity index (χ3n) is 3.45. The fraction of sp³-hybridized carbons (Fsp3) is 0.167. The maximum absolute atomic E-state index is 13.3. The molecule has 0 unspecified atom stereocenters. The Morgan fingerprint density at radius 2 is 2.09 bits per heavy atom. The molecule has 0 radical (unpaired) electrons. The van der Waals surface area contributed by atoms with E-state index in [-0.39, 0.29) is 5.82 Å². The average molecular weight is 328 g/mol. The van der Waals surface area contributed by atoms with Crippen molar-refractivity contribution >= 4 is 17.0 Å². The van der Waals surface area contributed by atoms with E-state index in [1.54, 1.807) is 30.4 Å². The predicted octanol–water partition coefficient (Wildman–Crippen LogP) is 4.46. The molecule has 118 valence electrons. The zero-order valence-electron chi connectivity index (χ0n) is 12.8. The molecule has 0 saturated carbocycles. The van der Waals surface area contributed by atoms with Gasteiger partial charge in [-0.2, -0.15) is 0 Å². The van der Waals surface area contributed by atoms with Crippen molar-refractivity contribution in [1.82, 2.24) is 4.98 Å². The van der Waals surface area contributed by atoms with Gasteiger partial charge in [0.15, 0.2) is 0 Å². The van der Waals surface area contributed by atoms with E-state index in [9.17, 15) is 4.39 Å². The zero-order valence-corrected chi connectivity index (χ0v) is 13.6. The summed E-state index contributed by atoms with van der Waals surface area (Å²) in [4.78, 5) is 4.59. The van der Waals surface area contributed by atoms with Crippen LogP contribution in [0.5, 0.6) is 5.75 Å². The molecular weight excluding hydrogens is 311 g/mol. The summed E-state index contributed by atoms with van der Waals surface area (Å²) in [7, 11) is 0. The van der Waals surface area contributed by atoms with Crippen molar-refractivity contribution in [2.45, 2.75) is 13.3 Å². The van der Waals surface area contributed by atoms with E-state index < -0.39 is 0 Å². The lowest BCUT2D eigenvalue weighted by Gasteiger charge is -2.05. The largest absolute Gasteiger partial charge is 0.493 e. The van der Waals surface area contributed by atoms with Crippen molar-refractivity contribution in [3.05, 3.63) is 64.2 Å². The summed E-state index contributed by atoms with van der Waals surface area (Å²) in [6, 6.07) is 12.4. The Morgan fingerprint density at radius 1 is 1.22 bits per heavy atom. The number of anilines is 1. The summed E-state index contributed by atoms with van der Waals surface area (Å²) in [6.07, 6.45) is 0.722. The van der Waals surface area contributed by atoms with E-state index in [0.717, 1.165) is 28.4 Å². The van der Waals surface area contributed by atoms with Crippen LogP contribution in [0.3, 0.4) is 0 Å². The highest BCUT2D eigenvalue weighted by Gasteiger charge is 2.07. The topological polar surface area (TPSA) is 48.1 Å². The quantitative estimate of drug-likeness (QED) is 0.703. The molecule has 0 bridgehead atoms. The number of hydrogen-bond donors (Lipinski definition) is 1. The molecule has 0 spiro atoms. The van der Waals surface area contributed by atoms with Gasteiger partial charge >= 0.3 is 0 Å². The Labute approximate surface area is 138 Å². The molecule has 5 heteroatoms. The number of rotatable bonds is 5. The molecule has 0 fully saturated rings. The van der Waals surface area contributed by atoms with Gasteiger partial charge in [-0.15, -0.1) is 11.3 Å². The molecule has 0 saturated heterocycles. The zero-order chi connectivity index (χ0) is 16.2. The average Bonchev–Trinajstić information content (AvgIpc) is 2.99. The Hall–Kier alpha value is -2.40. The first-order valence-electron chi connectivity index (χ1n) is 7.31. The maximum atomic E-state index is 13.3. The lowest BCUT2D eigenvalue weighted by Crippen LogP contribution is -2.01. The third-order valence-corrected chi connectivity index (χ3v) is 4.36. The highest BCUT2D eigenvalue weighted by Crippen LogP contribution is 2.24. The fourth-order valence-electron chi connectivity index (χ4n) is 2.22. The minimum Gasteiger partial charge on any atom is -0.493 e. The molecule has 1 aromatic heterocycles. The van der Waals surface area contributed by atoms with Gasteiger partial charge in [0.1, 0.15) is 11.6 Å². The van der Waals surface area contributed by atoms with Gasteiger partial charge in [-0.3, -0.25) is 0 Å². The van der Waals surface area contributed by atoms with E-state index in [2.05, 4.69) is 4.98 Å². The van der Waals surface area contributed by atoms with Crippen molar-refractivity contribution in [3.8, 4) is 17.0 Å². The van der Waals surface area contributed by atoms with E-state index in [1.807, 2.05) is 29.6 Å². The fourth-order valence-corrected chi connectivity index (χ4v) is 3.01. The molecule has 2 N–H and O–H groups in total. The molecule has 0 aliphatic heterocycles. The van der Waals surface area contributed by atoms with Crippen LogP contribution in [0.1, 0.15) is 10.6 Å². The van der Waals surface area contributed by atoms with Crippen molar-refractivity contribution in [2.75, 3.05) is 12.3 Å². The highest BCUT2D eigenvalue weighted by molar-refractivity contribution is 7.09. The van der Waals surface area contributed by atoms with Gasteiger partial charge in [0.2, 0.25) is 0 Å². The van der Waals surface area contributed by atoms with E-state index in [0.29, 0.717) is 17.9 Å². The number of thiazole rings is 1. The first-order valence-corrected chi connectivity index (χ1v) is 8.19. The molecule has 0 aliphatic carbocycles. The molecule has 23 heavy (non-hydrogen) atoms. The summed E-state index contributed by atoms with van der Waals surface area (Å²) >= 11 is 1.58. The SMILES string of the molecule is Cc1cc(-c2csc(CCOc3cccc(N)c3)n2)ccc1F. The monoisotopic (exact) mass is 328 g/mol. The van der Waals surface area contributed by atoms with Gasteiger partial charge in [-0.05, 0) is 42.8 Å². The van der Waals surface area contributed by atoms with Crippen LogP contribution in [0.2, 0.25) is 0 Å². The minimum atomic E-state index is -0.195. The Morgan fingerprint density at radius 3 is 2.87 bits per heavy atom. The van der Waals surface area contributed by atoms with Gasteiger partial charge < -0.3 is 10.5 Å². The summed E-state index contributed by atoms with van der Waals surface area (Å²) < 4.78 is 19.0. The number of nitrogen functional groups attached to an aromatic ring is 1. The second-order valence-electron chi connectivity index (χ2n) is 5.26. The summed E-state index contributed by atoms with van der Waals surface area (Å²) in [5.74, 6) is 0.565. The van der Waals surface area contributed by atoms with Gasteiger partial charge in [-0.1, -0.05) is 6.07 Å². The molecule has 3 aromatic rings. The summed E-state index contributed by atoms with van der Waals surface area (Å²) in [5, 5.41) is 2.98. The van der Waals surface area contributed by atoms with Gasteiger partial charge in [0.25, 0.3) is 0 Å². The normalized spacial score (nSPS) is 10.7. The van der Waals surface area contributed by atoms with Crippen molar-refractivity contribution in [3.63, 3.8) is 0 Å². The number of benzene rings is 2. The minimum absolute atomic E-state index is 0.195. The molecule has 3 nitrogen and oxygen atoms in total. The second kappa shape index (κ2) is 6.79. The Balaban J connectivity index is 1.62. The molecule has 1 heterocycles. The van der Waals surface area contributed by atoms with Crippen LogP contribution in [0.15, 0.2) is 47.8 Å². The van der Waals surface area contributed by atoms with Crippen LogP contribution >= 0.6 is 11.3 Å². The van der Waals surface area contributed by atoms with Crippen LogP contribution in [-0.2, 0) is 6.42 Å². The van der Waals surface area contributed by atoms with Crippen LogP contribution in [0.4, 0.5) is 10.1 Å².